The van der Waals surface area contributed by atoms with E-state index in [2.05, 4.69) is 4.98 Å². The maximum Gasteiger partial charge on any atom is 0.319 e. The maximum atomic E-state index is 11.6. The molecule has 4 nitrogen and oxygen atoms in total. The number of rotatable bonds is 4. The number of carbonyl (C=O) groups excluding carboxylic acids is 1. The number of carbonyl (C=O) groups is 1. The minimum atomic E-state index is -0.134. The molecule has 0 amide bonds. The van der Waals surface area contributed by atoms with Crippen LogP contribution < -0.4 is 0 Å². The normalized spacial score (nSPS) is 17.5. The Balaban J connectivity index is 2.06. The molecular weight excluding hydrogens is 212 g/mol. The van der Waals surface area contributed by atoms with Crippen molar-refractivity contribution < 1.29 is 9.53 Å². The van der Waals surface area contributed by atoms with Crippen molar-refractivity contribution in [2.24, 2.45) is 13.0 Å². The summed E-state index contributed by atoms with van der Waals surface area (Å²) in [5.74, 6) is 0.338. The van der Waals surface area contributed by atoms with Crippen LogP contribution in [0, 0.1) is 5.92 Å². The van der Waals surface area contributed by atoms with Crippen molar-refractivity contribution in [1.29, 1.82) is 0 Å². The fourth-order valence-electron chi connectivity index (χ4n) is 1.43. The summed E-state index contributed by atoms with van der Waals surface area (Å²) in [6.45, 7) is 0. The van der Waals surface area contributed by atoms with Crippen molar-refractivity contribution in [3.8, 4) is 0 Å². The molecule has 1 aliphatic carbocycles. The molecule has 0 aliphatic heterocycles. The highest BCUT2D eigenvalue weighted by Crippen LogP contribution is 2.41. The largest absolute Gasteiger partial charge is 0.468 e. The van der Waals surface area contributed by atoms with Gasteiger partial charge in [-0.15, -0.1) is 0 Å². The van der Waals surface area contributed by atoms with Gasteiger partial charge in [0, 0.05) is 19.4 Å². The highest BCUT2D eigenvalue weighted by atomic mass is 32.2. The summed E-state index contributed by atoms with van der Waals surface area (Å²) in [7, 11) is 3.37. The molecule has 0 radical (unpaired) electrons. The summed E-state index contributed by atoms with van der Waals surface area (Å²) >= 11 is 1.50. The summed E-state index contributed by atoms with van der Waals surface area (Å²) in [5, 5.41) is 0.786. The molecule has 0 N–H and O–H groups in total. The predicted octanol–water partition coefficient (Wildman–Crippen LogP) is 1.46. The Hall–Kier alpha value is -0.970. The molecule has 2 rings (SSSR count). The molecule has 1 atom stereocenters. The van der Waals surface area contributed by atoms with Gasteiger partial charge >= 0.3 is 5.97 Å². The summed E-state index contributed by atoms with van der Waals surface area (Å²) in [6, 6.07) is 0. The van der Waals surface area contributed by atoms with Crippen LogP contribution in [0.4, 0.5) is 0 Å². The molecule has 0 saturated heterocycles. The number of nitrogens with zero attached hydrogens (tertiary/aromatic N) is 2. The Morgan fingerprint density at radius 2 is 2.47 bits per heavy atom. The lowest BCUT2D eigenvalue weighted by molar-refractivity contribution is -0.140. The van der Waals surface area contributed by atoms with Crippen LogP contribution >= 0.6 is 11.8 Å². The Morgan fingerprint density at radius 3 is 2.93 bits per heavy atom. The third-order valence-corrected chi connectivity index (χ3v) is 3.93. The molecule has 0 bridgehead atoms. The van der Waals surface area contributed by atoms with Crippen molar-refractivity contribution in [2.45, 2.75) is 23.2 Å². The lowest BCUT2D eigenvalue weighted by Gasteiger charge is -2.12. The fraction of sp³-hybridized carbons (Fsp3) is 0.600. The van der Waals surface area contributed by atoms with Gasteiger partial charge < -0.3 is 9.30 Å². The van der Waals surface area contributed by atoms with E-state index in [1.807, 2.05) is 17.8 Å². The van der Waals surface area contributed by atoms with E-state index in [1.165, 1.54) is 18.9 Å². The van der Waals surface area contributed by atoms with Crippen LogP contribution in [0.2, 0.25) is 0 Å². The molecule has 82 valence electrons. The summed E-state index contributed by atoms with van der Waals surface area (Å²) in [5.41, 5.74) is 0. The van der Waals surface area contributed by atoms with E-state index in [0.717, 1.165) is 18.0 Å². The number of ether oxygens (including phenoxy) is 1. The van der Waals surface area contributed by atoms with Gasteiger partial charge in [0.05, 0.1) is 7.11 Å². The number of thioether (sulfide) groups is 1. The number of esters is 1. The number of hydrogen-bond acceptors (Lipinski definition) is 4. The third-order valence-electron chi connectivity index (χ3n) is 2.49. The smallest absolute Gasteiger partial charge is 0.319 e. The molecule has 1 aromatic heterocycles. The summed E-state index contributed by atoms with van der Waals surface area (Å²) in [4.78, 5) is 15.8. The molecule has 1 aromatic rings. The number of hydrogen-bond donors (Lipinski definition) is 0. The van der Waals surface area contributed by atoms with Crippen LogP contribution in [0.15, 0.2) is 17.6 Å². The minimum Gasteiger partial charge on any atom is -0.468 e. The summed E-state index contributed by atoms with van der Waals surface area (Å²) < 4.78 is 6.73. The van der Waals surface area contributed by atoms with Crippen molar-refractivity contribution in [1.82, 2.24) is 9.55 Å². The second kappa shape index (κ2) is 4.26. The van der Waals surface area contributed by atoms with E-state index in [-0.39, 0.29) is 11.2 Å². The van der Waals surface area contributed by atoms with Gasteiger partial charge in [0.1, 0.15) is 5.25 Å². The van der Waals surface area contributed by atoms with Crippen LogP contribution in [-0.2, 0) is 16.6 Å². The zero-order valence-electron chi connectivity index (χ0n) is 8.84. The zero-order chi connectivity index (χ0) is 10.8. The van der Waals surface area contributed by atoms with Gasteiger partial charge in [-0.25, -0.2) is 4.98 Å². The lowest BCUT2D eigenvalue weighted by Crippen LogP contribution is -2.21. The van der Waals surface area contributed by atoms with Crippen molar-refractivity contribution in [2.75, 3.05) is 7.11 Å². The van der Waals surface area contributed by atoms with Crippen LogP contribution in [0.25, 0.3) is 0 Å². The van der Waals surface area contributed by atoms with Gasteiger partial charge in [-0.1, -0.05) is 11.8 Å². The van der Waals surface area contributed by atoms with E-state index in [9.17, 15) is 4.79 Å². The quantitative estimate of drug-likeness (QED) is 0.576. The Kier molecular flexibility index (Phi) is 3.00. The number of aromatic nitrogens is 2. The van der Waals surface area contributed by atoms with Crippen molar-refractivity contribution in [3.05, 3.63) is 12.4 Å². The van der Waals surface area contributed by atoms with Crippen LogP contribution in [0.5, 0.6) is 0 Å². The zero-order valence-corrected chi connectivity index (χ0v) is 9.66. The predicted molar refractivity (Wildman–Crippen MR) is 57.6 cm³/mol. The minimum absolute atomic E-state index is 0.0869. The molecule has 1 heterocycles. The van der Waals surface area contributed by atoms with Gasteiger partial charge in [0.2, 0.25) is 0 Å². The molecule has 0 spiro atoms. The standard InChI is InChI=1S/C10H14N2O2S/c1-12-6-5-11-10(12)15-8(7-3-4-7)9(13)14-2/h5-8H,3-4H2,1-2H3. The van der Waals surface area contributed by atoms with Gasteiger partial charge in [-0.2, -0.15) is 0 Å². The molecule has 1 aliphatic rings. The first-order chi connectivity index (χ1) is 7.22. The van der Waals surface area contributed by atoms with E-state index < -0.39 is 0 Å². The van der Waals surface area contributed by atoms with Gasteiger partial charge in [-0.3, -0.25) is 4.79 Å². The second-order valence-corrected chi connectivity index (χ2v) is 4.83. The molecule has 5 heteroatoms. The Bertz CT molecular complexity index is 360. The van der Waals surface area contributed by atoms with Gasteiger partial charge in [-0.05, 0) is 18.8 Å². The monoisotopic (exact) mass is 226 g/mol. The van der Waals surface area contributed by atoms with E-state index in [4.69, 9.17) is 4.74 Å². The fourth-order valence-corrected chi connectivity index (χ4v) is 2.66. The first-order valence-electron chi connectivity index (χ1n) is 4.94. The van der Waals surface area contributed by atoms with Crippen LogP contribution in [-0.4, -0.2) is 27.9 Å². The molecule has 1 unspecified atom stereocenters. The highest BCUT2D eigenvalue weighted by Gasteiger charge is 2.38. The number of methoxy groups -OCH3 is 1. The maximum absolute atomic E-state index is 11.6. The first kappa shape index (κ1) is 10.5. The average molecular weight is 226 g/mol. The molecule has 0 aromatic carbocycles. The second-order valence-electron chi connectivity index (χ2n) is 3.72. The molecule has 1 fully saturated rings. The number of imidazole rings is 1. The molecule has 15 heavy (non-hydrogen) atoms. The topological polar surface area (TPSA) is 44.1 Å². The van der Waals surface area contributed by atoms with Gasteiger partial charge in [0.25, 0.3) is 0 Å². The first-order valence-corrected chi connectivity index (χ1v) is 5.82. The highest BCUT2D eigenvalue weighted by molar-refractivity contribution is 8.00. The number of aryl methyl sites for hydroxylation is 1. The molecule has 1 saturated carbocycles. The molecular formula is C10H14N2O2S. The lowest BCUT2D eigenvalue weighted by atomic mass is 10.3. The van der Waals surface area contributed by atoms with Crippen molar-refractivity contribution >= 4 is 17.7 Å². The summed E-state index contributed by atoms with van der Waals surface area (Å²) in [6.07, 6.45) is 5.86. The van der Waals surface area contributed by atoms with Crippen molar-refractivity contribution in [3.63, 3.8) is 0 Å². The van der Waals surface area contributed by atoms with Crippen LogP contribution in [0.1, 0.15) is 12.8 Å². The van der Waals surface area contributed by atoms with Crippen LogP contribution in [0.3, 0.4) is 0 Å². The van der Waals surface area contributed by atoms with E-state index in [1.54, 1.807) is 6.20 Å². The third kappa shape index (κ3) is 2.34. The Labute approximate surface area is 93.0 Å². The van der Waals surface area contributed by atoms with E-state index >= 15 is 0 Å². The van der Waals surface area contributed by atoms with Gasteiger partial charge in [0.15, 0.2) is 5.16 Å². The average Bonchev–Trinajstić information content (AvgIpc) is 2.99. The SMILES string of the molecule is COC(=O)C(Sc1nccn1C)C1CC1. The Morgan fingerprint density at radius 1 is 1.73 bits per heavy atom. The van der Waals surface area contributed by atoms with E-state index in [0.29, 0.717) is 5.92 Å².